The van der Waals surface area contributed by atoms with Crippen molar-refractivity contribution in [3.8, 4) is 0 Å². The zero-order valence-electron chi connectivity index (χ0n) is 18.9. The van der Waals surface area contributed by atoms with Gasteiger partial charge in [0.2, 0.25) is 10.0 Å². The van der Waals surface area contributed by atoms with E-state index in [0.717, 1.165) is 0 Å². The van der Waals surface area contributed by atoms with Crippen LogP contribution < -0.4 is 0 Å². The van der Waals surface area contributed by atoms with Crippen molar-refractivity contribution in [2.45, 2.75) is 31.0 Å². The van der Waals surface area contributed by atoms with E-state index in [2.05, 4.69) is 0 Å². The molecule has 0 bridgehead atoms. The van der Waals surface area contributed by atoms with Crippen LogP contribution in [0.1, 0.15) is 34.6 Å². The van der Waals surface area contributed by atoms with Crippen LogP contribution in [0.25, 0.3) is 0 Å². The van der Waals surface area contributed by atoms with Gasteiger partial charge in [-0.15, -0.1) is 0 Å². The molecule has 9 heteroatoms. The molecule has 0 spiro atoms. The molecule has 0 N–H and O–H groups in total. The van der Waals surface area contributed by atoms with E-state index in [1.54, 1.807) is 34.1 Å². The summed E-state index contributed by atoms with van der Waals surface area (Å²) >= 11 is 0. The largest absolute Gasteiger partial charge is 0.373 e. The van der Waals surface area contributed by atoms with Gasteiger partial charge in [0.15, 0.2) is 0 Å². The molecule has 2 atom stereocenters. The van der Waals surface area contributed by atoms with Crippen molar-refractivity contribution in [2.24, 2.45) is 0 Å². The van der Waals surface area contributed by atoms with Crippen LogP contribution in [0, 0.1) is 0 Å². The Morgan fingerprint density at radius 2 is 1.30 bits per heavy atom. The number of carbonyl (C=O) groups excluding carboxylic acids is 2. The van der Waals surface area contributed by atoms with E-state index >= 15 is 0 Å². The van der Waals surface area contributed by atoms with Gasteiger partial charge in [-0.25, -0.2) is 8.42 Å². The fraction of sp³-hybridized carbons (Fsp3) is 0.417. The van der Waals surface area contributed by atoms with Gasteiger partial charge >= 0.3 is 0 Å². The molecular formula is C24H29N3O5S. The molecule has 2 amide bonds. The second-order valence-corrected chi connectivity index (χ2v) is 10.5. The van der Waals surface area contributed by atoms with Gasteiger partial charge in [-0.1, -0.05) is 24.3 Å². The van der Waals surface area contributed by atoms with Crippen molar-refractivity contribution in [3.63, 3.8) is 0 Å². The summed E-state index contributed by atoms with van der Waals surface area (Å²) in [6.45, 7) is 5.91. The Labute approximate surface area is 194 Å². The molecule has 8 nitrogen and oxygen atoms in total. The molecule has 0 aromatic heterocycles. The lowest BCUT2D eigenvalue weighted by atomic mass is 10.1. The number of hydrogen-bond donors (Lipinski definition) is 0. The lowest BCUT2D eigenvalue weighted by molar-refractivity contribution is -0.0440. The molecular weight excluding hydrogens is 442 g/mol. The molecule has 2 aromatic carbocycles. The Bertz CT molecular complexity index is 1100. The number of rotatable bonds is 4. The molecule has 2 aliphatic rings. The first-order chi connectivity index (χ1) is 15.8. The van der Waals surface area contributed by atoms with Crippen molar-refractivity contribution >= 4 is 21.8 Å². The van der Waals surface area contributed by atoms with E-state index in [1.807, 2.05) is 32.0 Å². The molecule has 0 unspecified atom stereocenters. The highest BCUT2D eigenvalue weighted by atomic mass is 32.2. The van der Waals surface area contributed by atoms with E-state index in [-0.39, 0.29) is 42.0 Å². The lowest BCUT2D eigenvalue weighted by Crippen LogP contribution is -2.50. The lowest BCUT2D eigenvalue weighted by Gasteiger charge is -2.35. The number of benzene rings is 2. The number of amides is 2. The van der Waals surface area contributed by atoms with Gasteiger partial charge in [0.1, 0.15) is 0 Å². The maximum absolute atomic E-state index is 13.2. The van der Waals surface area contributed by atoms with Gasteiger partial charge < -0.3 is 14.5 Å². The SMILES string of the molecule is C[C@@H]1CN(S(=O)(=O)c2cccc(C(=O)N3CCN(C(=O)c4ccccc4)CC3)c2)C[C@@H](C)O1. The van der Waals surface area contributed by atoms with Crippen LogP contribution in [0.4, 0.5) is 0 Å². The van der Waals surface area contributed by atoms with Crippen LogP contribution in [-0.4, -0.2) is 85.8 Å². The second kappa shape index (κ2) is 9.62. The van der Waals surface area contributed by atoms with E-state index < -0.39 is 10.0 Å². The molecule has 2 aliphatic heterocycles. The van der Waals surface area contributed by atoms with Gasteiger partial charge in [-0.3, -0.25) is 9.59 Å². The van der Waals surface area contributed by atoms with Crippen LogP contribution >= 0.6 is 0 Å². The summed E-state index contributed by atoms with van der Waals surface area (Å²) in [5.74, 6) is -0.285. The maximum Gasteiger partial charge on any atom is 0.254 e. The summed E-state index contributed by atoms with van der Waals surface area (Å²) in [6, 6.07) is 15.3. The minimum atomic E-state index is -3.74. The monoisotopic (exact) mass is 471 g/mol. The van der Waals surface area contributed by atoms with Crippen LogP contribution in [0.3, 0.4) is 0 Å². The van der Waals surface area contributed by atoms with Crippen molar-refractivity contribution in [1.29, 1.82) is 0 Å². The molecule has 0 aliphatic carbocycles. The topological polar surface area (TPSA) is 87.2 Å². The zero-order chi connectivity index (χ0) is 23.6. The molecule has 33 heavy (non-hydrogen) atoms. The van der Waals surface area contributed by atoms with E-state index in [9.17, 15) is 18.0 Å². The summed E-state index contributed by atoms with van der Waals surface area (Å²) in [5.41, 5.74) is 0.954. The number of carbonyl (C=O) groups is 2. The third-order valence-electron chi connectivity index (χ3n) is 5.98. The Kier molecular flexibility index (Phi) is 6.83. The van der Waals surface area contributed by atoms with Crippen molar-refractivity contribution in [2.75, 3.05) is 39.3 Å². The number of sulfonamides is 1. The average molecular weight is 472 g/mol. The number of ether oxygens (including phenoxy) is 1. The van der Waals surface area contributed by atoms with Gasteiger partial charge in [0.25, 0.3) is 11.8 Å². The number of morpholine rings is 1. The van der Waals surface area contributed by atoms with Gasteiger partial charge in [0, 0.05) is 50.4 Å². The first-order valence-electron chi connectivity index (χ1n) is 11.1. The van der Waals surface area contributed by atoms with Crippen LogP contribution in [0.15, 0.2) is 59.5 Å². The molecule has 2 aromatic rings. The Hall–Kier alpha value is -2.75. The van der Waals surface area contributed by atoms with Crippen molar-refractivity contribution in [1.82, 2.24) is 14.1 Å². The maximum atomic E-state index is 13.2. The highest BCUT2D eigenvalue weighted by Crippen LogP contribution is 2.23. The fourth-order valence-corrected chi connectivity index (χ4v) is 5.96. The average Bonchev–Trinajstić information content (AvgIpc) is 2.83. The molecule has 2 heterocycles. The standard InChI is InChI=1S/C24H29N3O5S/c1-18-16-27(17-19(2)32-18)33(30,31)22-10-6-9-21(15-22)24(29)26-13-11-25(12-14-26)23(28)20-7-4-3-5-8-20/h3-10,15,18-19H,11-14,16-17H2,1-2H3/t18-,19-/m1/s1. The predicted molar refractivity (Wildman–Crippen MR) is 123 cm³/mol. The Balaban J connectivity index is 1.44. The number of hydrogen-bond acceptors (Lipinski definition) is 5. The van der Waals surface area contributed by atoms with E-state index in [1.165, 1.54) is 16.4 Å². The fourth-order valence-electron chi connectivity index (χ4n) is 4.32. The summed E-state index contributed by atoms with van der Waals surface area (Å²) in [5, 5.41) is 0. The van der Waals surface area contributed by atoms with Gasteiger partial charge in [0.05, 0.1) is 17.1 Å². The van der Waals surface area contributed by atoms with Crippen molar-refractivity contribution in [3.05, 3.63) is 65.7 Å². The zero-order valence-corrected chi connectivity index (χ0v) is 19.7. The van der Waals surface area contributed by atoms with Crippen LogP contribution in [-0.2, 0) is 14.8 Å². The molecule has 0 saturated carbocycles. The quantitative estimate of drug-likeness (QED) is 0.682. The molecule has 2 saturated heterocycles. The highest BCUT2D eigenvalue weighted by Gasteiger charge is 2.33. The summed E-state index contributed by atoms with van der Waals surface area (Å²) in [4.78, 5) is 29.2. The minimum Gasteiger partial charge on any atom is -0.373 e. The Morgan fingerprint density at radius 1 is 0.788 bits per heavy atom. The summed E-state index contributed by atoms with van der Waals surface area (Å²) in [7, 11) is -3.74. The predicted octanol–water partition coefficient (Wildman–Crippen LogP) is 2.08. The minimum absolute atomic E-state index is 0.0512. The number of nitrogens with zero attached hydrogens (tertiary/aromatic N) is 3. The molecule has 0 radical (unpaired) electrons. The molecule has 2 fully saturated rings. The smallest absolute Gasteiger partial charge is 0.254 e. The summed E-state index contributed by atoms with van der Waals surface area (Å²) in [6.07, 6.45) is -0.383. The number of piperazine rings is 1. The second-order valence-electron chi connectivity index (χ2n) is 8.56. The third kappa shape index (κ3) is 5.10. The van der Waals surface area contributed by atoms with E-state index in [0.29, 0.717) is 37.3 Å². The molecule has 176 valence electrons. The van der Waals surface area contributed by atoms with Crippen LogP contribution in [0.2, 0.25) is 0 Å². The normalized spacial score (nSPS) is 22.2. The Morgan fingerprint density at radius 3 is 1.88 bits per heavy atom. The first kappa shape index (κ1) is 23.4. The van der Waals surface area contributed by atoms with E-state index in [4.69, 9.17) is 4.74 Å². The van der Waals surface area contributed by atoms with Gasteiger partial charge in [-0.05, 0) is 44.2 Å². The third-order valence-corrected chi connectivity index (χ3v) is 7.81. The molecule has 4 rings (SSSR count). The van der Waals surface area contributed by atoms with Crippen LogP contribution in [0.5, 0.6) is 0 Å². The highest BCUT2D eigenvalue weighted by molar-refractivity contribution is 7.89. The summed E-state index contributed by atoms with van der Waals surface area (Å²) < 4.78 is 33.4. The van der Waals surface area contributed by atoms with Gasteiger partial charge in [-0.2, -0.15) is 4.31 Å². The van der Waals surface area contributed by atoms with Crippen molar-refractivity contribution < 1.29 is 22.7 Å². The first-order valence-corrected chi connectivity index (χ1v) is 12.6.